The Morgan fingerprint density at radius 3 is 2.76 bits per heavy atom. The lowest BCUT2D eigenvalue weighted by Gasteiger charge is -2.13. The van der Waals surface area contributed by atoms with Gasteiger partial charge in [0.15, 0.2) is 10.9 Å². The smallest absolute Gasteiger partial charge is 0.329 e. The molecule has 0 atom stereocenters. The molecule has 174 valence electrons. The number of nitrogens with one attached hydrogen (secondary N) is 1. The van der Waals surface area contributed by atoms with Crippen LogP contribution in [0.1, 0.15) is 47.0 Å². The van der Waals surface area contributed by atoms with Crippen molar-refractivity contribution in [3.63, 3.8) is 0 Å². The summed E-state index contributed by atoms with van der Waals surface area (Å²) in [7, 11) is 0. The second-order valence-corrected chi connectivity index (χ2v) is 9.90. The number of fused-ring (bicyclic) bond motifs is 3. The van der Waals surface area contributed by atoms with Crippen molar-refractivity contribution in [1.82, 2.24) is 19.1 Å². The molecular formula is C22H25N5O4S2. The lowest BCUT2D eigenvalue weighted by atomic mass is 9.97. The fourth-order valence-electron chi connectivity index (χ4n) is 4.13. The molecule has 33 heavy (non-hydrogen) atoms. The van der Waals surface area contributed by atoms with Crippen LogP contribution in [0.2, 0.25) is 0 Å². The summed E-state index contributed by atoms with van der Waals surface area (Å²) in [6.45, 7) is 6.14. The number of thiophene rings is 1. The number of carbonyl (C=O) groups is 1. The Hall–Kier alpha value is -2.92. The highest BCUT2D eigenvalue weighted by Gasteiger charge is 2.24. The van der Waals surface area contributed by atoms with Gasteiger partial charge in [-0.05, 0) is 37.7 Å². The average molecular weight is 488 g/mol. The molecule has 0 saturated carbocycles. The number of anilines is 1. The van der Waals surface area contributed by atoms with Crippen LogP contribution in [-0.4, -0.2) is 30.6 Å². The van der Waals surface area contributed by atoms with E-state index in [1.165, 1.54) is 25.3 Å². The maximum Gasteiger partial charge on any atom is 0.329 e. The number of allylic oxidation sites excluding steroid dienone is 1. The molecular weight excluding hydrogens is 462 g/mol. The molecule has 1 aliphatic carbocycles. The summed E-state index contributed by atoms with van der Waals surface area (Å²) in [5, 5.41) is 1.05. The van der Waals surface area contributed by atoms with Crippen molar-refractivity contribution in [1.29, 1.82) is 0 Å². The van der Waals surface area contributed by atoms with E-state index in [9.17, 15) is 19.2 Å². The minimum atomic E-state index is -0.812. The van der Waals surface area contributed by atoms with Crippen LogP contribution in [0.3, 0.4) is 0 Å². The largest absolute Gasteiger partial charge is 0.384 e. The Balaban J connectivity index is 1.71. The topological polar surface area (TPSA) is 133 Å². The summed E-state index contributed by atoms with van der Waals surface area (Å²) >= 11 is 2.61. The molecule has 3 heterocycles. The molecule has 3 aromatic heterocycles. The van der Waals surface area contributed by atoms with E-state index in [2.05, 4.69) is 11.6 Å². The van der Waals surface area contributed by atoms with E-state index in [1.54, 1.807) is 6.08 Å². The molecule has 0 spiro atoms. The van der Waals surface area contributed by atoms with Gasteiger partial charge < -0.3 is 5.73 Å². The molecule has 0 saturated heterocycles. The Morgan fingerprint density at radius 2 is 2.03 bits per heavy atom. The van der Waals surface area contributed by atoms with Gasteiger partial charge in [0, 0.05) is 18.0 Å². The molecule has 0 aromatic carbocycles. The summed E-state index contributed by atoms with van der Waals surface area (Å²) in [5.41, 5.74) is 5.26. The van der Waals surface area contributed by atoms with Crippen molar-refractivity contribution >= 4 is 44.9 Å². The lowest BCUT2D eigenvalue weighted by molar-refractivity contribution is 0.102. The molecule has 3 N–H and O–H groups in total. The first-order valence-electron chi connectivity index (χ1n) is 10.8. The monoisotopic (exact) mass is 487 g/mol. The van der Waals surface area contributed by atoms with Gasteiger partial charge in [-0.3, -0.25) is 28.5 Å². The van der Waals surface area contributed by atoms with Crippen LogP contribution < -0.4 is 22.5 Å². The summed E-state index contributed by atoms with van der Waals surface area (Å²) in [5.74, 6) is -0.833. The van der Waals surface area contributed by atoms with Gasteiger partial charge in [0.2, 0.25) is 0 Å². The third-order valence-corrected chi connectivity index (χ3v) is 7.81. The number of rotatable bonds is 8. The highest BCUT2D eigenvalue weighted by atomic mass is 32.2. The van der Waals surface area contributed by atoms with Crippen LogP contribution in [0.25, 0.3) is 10.2 Å². The molecule has 0 fully saturated rings. The number of carbonyl (C=O) groups excluding carboxylic acids is 1. The summed E-state index contributed by atoms with van der Waals surface area (Å²) in [4.78, 5) is 59.4. The molecule has 0 bridgehead atoms. The molecule has 0 radical (unpaired) electrons. The van der Waals surface area contributed by atoms with Crippen molar-refractivity contribution in [3.8, 4) is 0 Å². The number of nitrogens with zero attached hydrogens (tertiary/aromatic N) is 3. The van der Waals surface area contributed by atoms with Gasteiger partial charge in [0.05, 0.1) is 11.1 Å². The molecule has 0 aliphatic heterocycles. The number of nitrogens with two attached hydrogens (primary N) is 1. The molecule has 3 aromatic rings. The van der Waals surface area contributed by atoms with E-state index >= 15 is 0 Å². The number of hydrogen-bond acceptors (Lipinski definition) is 8. The van der Waals surface area contributed by atoms with E-state index in [0.717, 1.165) is 43.0 Å². The zero-order chi connectivity index (χ0) is 23.7. The van der Waals surface area contributed by atoms with Crippen LogP contribution in [0.5, 0.6) is 0 Å². The van der Waals surface area contributed by atoms with Crippen LogP contribution >= 0.6 is 23.1 Å². The summed E-state index contributed by atoms with van der Waals surface area (Å²) in [6.07, 6.45) is 6.21. The van der Waals surface area contributed by atoms with E-state index in [1.807, 2.05) is 6.92 Å². The Kier molecular flexibility index (Phi) is 6.71. The number of aryl methyl sites for hydroxylation is 2. The minimum absolute atomic E-state index is 0.136. The zero-order valence-corrected chi connectivity index (χ0v) is 19.9. The number of ketones is 1. The van der Waals surface area contributed by atoms with Crippen LogP contribution in [-0.2, 0) is 25.9 Å². The summed E-state index contributed by atoms with van der Waals surface area (Å²) < 4.78 is 2.70. The fraction of sp³-hybridized carbons (Fsp3) is 0.409. The second-order valence-electron chi connectivity index (χ2n) is 7.87. The van der Waals surface area contributed by atoms with Gasteiger partial charge in [0.1, 0.15) is 16.2 Å². The number of H-pyrrole nitrogens is 1. The van der Waals surface area contributed by atoms with Crippen molar-refractivity contribution in [2.45, 2.75) is 57.3 Å². The minimum Gasteiger partial charge on any atom is -0.384 e. The SMILES string of the molecule is C=CCn1c(SCC(=O)c2c(N)n(CCC)c(=O)[nH]c2=O)nc2sc3c(c2c1=O)CCCC3. The third-order valence-electron chi connectivity index (χ3n) is 5.65. The molecule has 11 heteroatoms. The van der Waals surface area contributed by atoms with Gasteiger partial charge in [-0.15, -0.1) is 17.9 Å². The first-order chi connectivity index (χ1) is 15.9. The van der Waals surface area contributed by atoms with Crippen molar-refractivity contribution < 1.29 is 4.79 Å². The van der Waals surface area contributed by atoms with Gasteiger partial charge in [-0.1, -0.05) is 24.8 Å². The highest BCUT2D eigenvalue weighted by molar-refractivity contribution is 7.99. The molecule has 1 aliphatic rings. The zero-order valence-electron chi connectivity index (χ0n) is 18.3. The number of hydrogen-bond donors (Lipinski definition) is 2. The van der Waals surface area contributed by atoms with Gasteiger partial charge in [-0.25, -0.2) is 9.78 Å². The predicted octanol–water partition coefficient (Wildman–Crippen LogP) is 2.34. The number of Topliss-reactive ketones (excluding diaryl/α,β-unsaturated/α-hetero) is 1. The highest BCUT2D eigenvalue weighted by Crippen LogP contribution is 2.34. The molecule has 0 amide bonds. The Labute approximate surface area is 197 Å². The number of aromatic nitrogens is 4. The van der Waals surface area contributed by atoms with Crippen LogP contribution in [0.4, 0.5) is 5.82 Å². The van der Waals surface area contributed by atoms with E-state index in [0.29, 0.717) is 21.8 Å². The quantitative estimate of drug-likeness (QED) is 0.216. The normalized spacial score (nSPS) is 13.2. The van der Waals surface area contributed by atoms with E-state index < -0.39 is 17.0 Å². The first kappa shape index (κ1) is 23.2. The maximum absolute atomic E-state index is 13.3. The van der Waals surface area contributed by atoms with E-state index in [-0.39, 0.29) is 35.8 Å². The number of thioether (sulfide) groups is 1. The molecule has 4 rings (SSSR count). The first-order valence-corrected chi connectivity index (χ1v) is 12.6. The van der Waals surface area contributed by atoms with E-state index in [4.69, 9.17) is 10.7 Å². The van der Waals surface area contributed by atoms with Crippen molar-refractivity contribution in [2.24, 2.45) is 0 Å². The lowest BCUT2D eigenvalue weighted by Crippen LogP contribution is -2.36. The fourth-order valence-corrected chi connectivity index (χ4v) is 6.31. The molecule has 0 unspecified atom stereocenters. The predicted molar refractivity (Wildman–Crippen MR) is 132 cm³/mol. The van der Waals surface area contributed by atoms with Gasteiger partial charge in [0.25, 0.3) is 11.1 Å². The summed E-state index contributed by atoms with van der Waals surface area (Å²) in [6, 6.07) is 0. The van der Waals surface area contributed by atoms with Crippen molar-refractivity contribution in [2.75, 3.05) is 11.5 Å². The Morgan fingerprint density at radius 1 is 1.27 bits per heavy atom. The second kappa shape index (κ2) is 9.52. The van der Waals surface area contributed by atoms with Crippen LogP contribution in [0.15, 0.2) is 32.2 Å². The number of aromatic amines is 1. The third kappa shape index (κ3) is 4.22. The van der Waals surface area contributed by atoms with Gasteiger partial charge in [-0.2, -0.15) is 0 Å². The molecule has 9 nitrogen and oxygen atoms in total. The average Bonchev–Trinajstić information content (AvgIpc) is 3.15. The Bertz CT molecular complexity index is 1430. The standard InChI is InChI=1S/C22H25N5O4S2/c1-3-9-26-17(23)16(18(29)24-21(26)31)13(28)11-32-22-25-19-15(20(30)27(22)10-4-2)12-7-5-6-8-14(12)33-19/h4H,2-3,5-11,23H2,1H3,(H,24,29,31). The maximum atomic E-state index is 13.3. The van der Waals surface area contributed by atoms with Crippen LogP contribution in [0, 0.1) is 0 Å². The van der Waals surface area contributed by atoms with Crippen molar-refractivity contribution in [3.05, 3.63) is 59.9 Å². The van der Waals surface area contributed by atoms with Gasteiger partial charge >= 0.3 is 5.69 Å². The number of nitrogen functional groups attached to an aromatic ring is 1.